The molecule has 0 saturated carbocycles. The molecule has 0 unspecified atom stereocenters. The number of benzene rings is 1. The van der Waals surface area contributed by atoms with E-state index in [1.807, 2.05) is 13.0 Å². The summed E-state index contributed by atoms with van der Waals surface area (Å²) in [6.45, 7) is 5.01. The fourth-order valence-corrected chi connectivity index (χ4v) is 4.20. The predicted octanol–water partition coefficient (Wildman–Crippen LogP) is 1.74. The summed E-state index contributed by atoms with van der Waals surface area (Å²) in [5.74, 6) is 0.124. The zero-order valence-electron chi connectivity index (χ0n) is 19.4. The molecular formula is C23H31FN6O4. The standard InChI is InChI=1S/C23H31FN6O4/c1-15(27-20-26-8-5-19(28-20)30-21(32)34-14-22(30,2)33)16-3-4-17(18(24)11-16)12-29-9-6-23(25,13-31)7-10-29/h3-5,8,11,15,31,33H,6-7,9-10,12-14,25H2,1-2H3,(H,26,27,28)/t15-,22-/m0/s1. The molecule has 0 spiro atoms. The molecule has 1 aromatic carbocycles. The Hall–Kier alpha value is -2.86. The van der Waals surface area contributed by atoms with Crippen LogP contribution in [0.15, 0.2) is 30.5 Å². The highest BCUT2D eigenvalue weighted by Crippen LogP contribution is 2.29. The minimum absolute atomic E-state index is 0.0388. The van der Waals surface area contributed by atoms with Crippen LogP contribution in [0.3, 0.4) is 0 Å². The second-order valence-corrected chi connectivity index (χ2v) is 9.36. The summed E-state index contributed by atoms with van der Waals surface area (Å²) in [6.07, 6.45) is 2.12. The van der Waals surface area contributed by atoms with Crippen LogP contribution >= 0.6 is 0 Å². The average molecular weight is 475 g/mol. The van der Waals surface area contributed by atoms with Crippen molar-refractivity contribution in [1.82, 2.24) is 14.9 Å². The van der Waals surface area contributed by atoms with Gasteiger partial charge < -0.3 is 26.0 Å². The molecular weight excluding hydrogens is 443 g/mol. The van der Waals surface area contributed by atoms with Crippen molar-refractivity contribution in [2.24, 2.45) is 5.73 Å². The number of nitrogens with two attached hydrogens (primary N) is 1. The Morgan fingerprint density at radius 1 is 1.32 bits per heavy atom. The van der Waals surface area contributed by atoms with Gasteiger partial charge in [0.2, 0.25) is 5.95 Å². The van der Waals surface area contributed by atoms with Gasteiger partial charge in [-0.2, -0.15) is 4.98 Å². The Morgan fingerprint density at radius 3 is 2.68 bits per heavy atom. The first-order valence-electron chi connectivity index (χ1n) is 11.3. The lowest BCUT2D eigenvalue weighted by atomic mass is 9.89. The van der Waals surface area contributed by atoms with Gasteiger partial charge in [0, 0.05) is 36.9 Å². The van der Waals surface area contributed by atoms with Crippen LogP contribution < -0.4 is 16.0 Å². The molecule has 2 atom stereocenters. The zero-order chi connectivity index (χ0) is 24.5. The number of nitrogens with zero attached hydrogens (tertiary/aromatic N) is 4. The molecule has 2 aliphatic rings. The second kappa shape index (κ2) is 9.41. The molecule has 0 radical (unpaired) electrons. The number of likely N-dealkylation sites (tertiary alicyclic amines) is 1. The summed E-state index contributed by atoms with van der Waals surface area (Å²) in [7, 11) is 0. The second-order valence-electron chi connectivity index (χ2n) is 9.36. The number of rotatable bonds is 7. The molecule has 34 heavy (non-hydrogen) atoms. The number of cyclic esters (lactones) is 1. The number of aliphatic hydroxyl groups excluding tert-OH is 1. The van der Waals surface area contributed by atoms with Gasteiger partial charge in [-0.3, -0.25) is 4.90 Å². The molecule has 2 aliphatic heterocycles. The minimum Gasteiger partial charge on any atom is -0.444 e. The van der Waals surface area contributed by atoms with E-state index in [1.165, 1.54) is 25.3 Å². The van der Waals surface area contributed by atoms with Crippen molar-refractivity contribution >= 4 is 17.9 Å². The molecule has 2 fully saturated rings. The van der Waals surface area contributed by atoms with Crippen molar-refractivity contribution in [2.45, 2.75) is 50.5 Å². The van der Waals surface area contributed by atoms with Crippen LogP contribution in [0.4, 0.5) is 21.0 Å². The van der Waals surface area contributed by atoms with E-state index in [0.29, 0.717) is 43.6 Å². The van der Waals surface area contributed by atoms with Crippen molar-refractivity contribution in [3.05, 3.63) is 47.4 Å². The molecule has 2 aromatic rings. The Kier molecular flexibility index (Phi) is 6.72. The molecule has 3 heterocycles. The van der Waals surface area contributed by atoms with E-state index in [1.54, 1.807) is 6.07 Å². The molecule has 11 heteroatoms. The van der Waals surface area contributed by atoms with E-state index in [-0.39, 0.29) is 36.8 Å². The summed E-state index contributed by atoms with van der Waals surface area (Å²) in [6, 6.07) is 6.30. The normalized spacial score (nSPS) is 23.6. The number of nitrogens with one attached hydrogen (secondary N) is 1. The number of ether oxygens (including phenoxy) is 1. The van der Waals surface area contributed by atoms with Gasteiger partial charge in [0.1, 0.15) is 18.2 Å². The van der Waals surface area contributed by atoms with Gasteiger partial charge in [0.05, 0.1) is 12.6 Å². The van der Waals surface area contributed by atoms with Crippen molar-refractivity contribution in [1.29, 1.82) is 0 Å². The summed E-state index contributed by atoms with van der Waals surface area (Å²) >= 11 is 0. The SMILES string of the molecule is C[C@H](Nc1nccc(N2C(=O)OC[C@]2(C)O)n1)c1ccc(CN2CCC(N)(CO)CC2)c(F)c1. The van der Waals surface area contributed by atoms with E-state index in [9.17, 15) is 19.4 Å². The number of aliphatic hydroxyl groups is 2. The number of hydrogen-bond acceptors (Lipinski definition) is 9. The van der Waals surface area contributed by atoms with Gasteiger partial charge in [0.15, 0.2) is 5.72 Å². The summed E-state index contributed by atoms with van der Waals surface area (Å²) in [5.41, 5.74) is 5.38. The van der Waals surface area contributed by atoms with E-state index in [2.05, 4.69) is 20.2 Å². The van der Waals surface area contributed by atoms with Gasteiger partial charge in [0.25, 0.3) is 0 Å². The lowest BCUT2D eigenvalue weighted by Gasteiger charge is -2.38. The summed E-state index contributed by atoms with van der Waals surface area (Å²) in [5, 5.41) is 22.9. The number of halogens is 1. The number of carbonyl (C=O) groups is 1. The highest BCUT2D eigenvalue weighted by atomic mass is 19.1. The summed E-state index contributed by atoms with van der Waals surface area (Å²) < 4.78 is 19.8. The fraction of sp³-hybridized carbons (Fsp3) is 0.522. The van der Waals surface area contributed by atoms with Gasteiger partial charge in [-0.1, -0.05) is 12.1 Å². The van der Waals surface area contributed by atoms with Gasteiger partial charge in [-0.25, -0.2) is 19.1 Å². The third-order valence-corrected chi connectivity index (χ3v) is 6.49. The van der Waals surface area contributed by atoms with Crippen LogP contribution in [-0.4, -0.2) is 68.7 Å². The third kappa shape index (κ3) is 5.12. The van der Waals surface area contributed by atoms with E-state index < -0.39 is 17.4 Å². The van der Waals surface area contributed by atoms with Crippen LogP contribution in [0.2, 0.25) is 0 Å². The topological polar surface area (TPSA) is 137 Å². The molecule has 1 aromatic heterocycles. The number of carbonyl (C=O) groups excluding carboxylic acids is 1. The van der Waals surface area contributed by atoms with E-state index in [4.69, 9.17) is 10.5 Å². The fourth-order valence-electron chi connectivity index (χ4n) is 4.20. The minimum atomic E-state index is -1.51. The largest absolute Gasteiger partial charge is 0.444 e. The Bertz CT molecular complexity index is 1040. The predicted molar refractivity (Wildman–Crippen MR) is 123 cm³/mol. The Balaban J connectivity index is 1.41. The molecule has 184 valence electrons. The first-order chi connectivity index (χ1) is 16.1. The van der Waals surface area contributed by atoms with Crippen molar-refractivity contribution in [3.63, 3.8) is 0 Å². The zero-order valence-corrected chi connectivity index (χ0v) is 19.4. The monoisotopic (exact) mass is 474 g/mol. The highest BCUT2D eigenvalue weighted by molar-refractivity contribution is 5.89. The first-order valence-corrected chi connectivity index (χ1v) is 11.3. The smallest absolute Gasteiger partial charge is 0.418 e. The molecule has 10 nitrogen and oxygen atoms in total. The maximum absolute atomic E-state index is 14.9. The van der Waals surface area contributed by atoms with Crippen LogP contribution in [0.5, 0.6) is 0 Å². The van der Waals surface area contributed by atoms with Gasteiger partial charge >= 0.3 is 6.09 Å². The van der Waals surface area contributed by atoms with Crippen molar-refractivity contribution < 1.29 is 24.1 Å². The third-order valence-electron chi connectivity index (χ3n) is 6.49. The number of anilines is 2. The molecule has 1 amide bonds. The lowest BCUT2D eigenvalue weighted by molar-refractivity contribution is 0.0475. The number of hydrogen-bond donors (Lipinski definition) is 4. The Labute approximate surface area is 197 Å². The van der Waals surface area contributed by atoms with Crippen molar-refractivity contribution in [3.8, 4) is 0 Å². The summed E-state index contributed by atoms with van der Waals surface area (Å²) in [4.78, 5) is 23.7. The Morgan fingerprint density at radius 2 is 2.06 bits per heavy atom. The van der Waals surface area contributed by atoms with Crippen LogP contribution in [-0.2, 0) is 11.3 Å². The van der Waals surface area contributed by atoms with E-state index >= 15 is 0 Å². The van der Waals surface area contributed by atoms with Gasteiger partial charge in [-0.05, 0) is 44.4 Å². The van der Waals surface area contributed by atoms with Crippen LogP contribution in [0.25, 0.3) is 0 Å². The first kappa shape index (κ1) is 24.3. The molecule has 5 N–H and O–H groups in total. The quantitative estimate of drug-likeness (QED) is 0.473. The van der Waals surface area contributed by atoms with Gasteiger partial charge in [-0.15, -0.1) is 0 Å². The number of amides is 1. The maximum atomic E-state index is 14.9. The van der Waals surface area contributed by atoms with Crippen molar-refractivity contribution in [2.75, 3.05) is 36.5 Å². The van der Waals surface area contributed by atoms with Crippen LogP contribution in [0, 0.1) is 5.82 Å². The van der Waals surface area contributed by atoms with Crippen LogP contribution in [0.1, 0.15) is 43.9 Å². The molecule has 2 saturated heterocycles. The maximum Gasteiger partial charge on any atom is 0.418 e. The average Bonchev–Trinajstić information content (AvgIpc) is 3.08. The molecule has 0 aliphatic carbocycles. The number of aromatic nitrogens is 2. The molecule has 0 bridgehead atoms. The number of piperidine rings is 1. The highest BCUT2D eigenvalue weighted by Gasteiger charge is 2.44. The molecule has 4 rings (SSSR count). The lowest BCUT2D eigenvalue weighted by Crippen LogP contribution is -2.52. The van der Waals surface area contributed by atoms with E-state index in [0.717, 1.165) is 4.90 Å².